The van der Waals surface area contributed by atoms with Crippen LogP contribution in [0.4, 0.5) is 10.5 Å². The van der Waals surface area contributed by atoms with Crippen LogP contribution in [0.25, 0.3) is 0 Å². The molecule has 92 valence electrons. The van der Waals surface area contributed by atoms with Crippen molar-refractivity contribution in [2.24, 2.45) is 0 Å². The lowest BCUT2D eigenvalue weighted by atomic mass is 10.2. The SMILES string of the molecule is COC(=O)N(CCC(C)=O)c1ccc(C)cc1. The molecule has 1 aromatic rings. The normalized spacial score (nSPS) is 9.82. The van der Waals surface area contributed by atoms with E-state index in [9.17, 15) is 9.59 Å². The maximum Gasteiger partial charge on any atom is 0.414 e. The number of hydrogen-bond donors (Lipinski definition) is 0. The third-order valence-corrected chi connectivity index (χ3v) is 2.43. The minimum Gasteiger partial charge on any atom is -0.452 e. The van der Waals surface area contributed by atoms with Crippen molar-refractivity contribution in [2.75, 3.05) is 18.6 Å². The Kier molecular flexibility index (Phi) is 4.69. The number of aryl methyl sites for hydroxylation is 1. The molecule has 0 bridgehead atoms. The standard InChI is InChI=1S/C13H17NO3/c1-10-4-6-12(7-5-10)14(13(16)17-3)9-8-11(2)15/h4-7H,8-9H2,1-3H3. The number of rotatable bonds is 4. The van der Waals surface area contributed by atoms with Crippen molar-refractivity contribution in [3.05, 3.63) is 29.8 Å². The second-order valence-electron chi connectivity index (χ2n) is 3.91. The highest BCUT2D eigenvalue weighted by Gasteiger charge is 2.16. The Morgan fingerprint density at radius 3 is 2.29 bits per heavy atom. The van der Waals surface area contributed by atoms with E-state index in [1.807, 2.05) is 31.2 Å². The maximum absolute atomic E-state index is 11.6. The van der Waals surface area contributed by atoms with Gasteiger partial charge in [-0.05, 0) is 26.0 Å². The van der Waals surface area contributed by atoms with Gasteiger partial charge in [0.15, 0.2) is 0 Å². The van der Waals surface area contributed by atoms with Crippen molar-refractivity contribution in [2.45, 2.75) is 20.3 Å². The molecule has 0 fully saturated rings. The van der Waals surface area contributed by atoms with Crippen LogP contribution in [0.1, 0.15) is 18.9 Å². The van der Waals surface area contributed by atoms with Crippen molar-refractivity contribution in [3.8, 4) is 0 Å². The molecule has 0 atom stereocenters. The van der Waals surface area contributed by atoms with Crippen LogP contribution < -0.4 is 4.90 Å². The van der Waals surface area contributed by atoms with Crippen molar-refractivity contribution in [3.63, 3.8) is 0 Å². The topological polar surface area (TPSA) is 46.6 Å². The number of anilines is 1. The van der Waals surface area contributed by atoms with Crippen LogP contribution in [-0.2, 0) is 9.53 Å². The lowest BCUT2D eigenvalue weighted by Gasteiger charge is -2.20. The Morgan fingerprint density at radius 1 is 1.24 bits per heavy atom. The van der Waals surface area contributed by atoms with Crippen molar-refractivity contribution >= 4 is 17.6 Å². The molecule has 0 radical (unpaired) electrons. The van der Waals surface area contributed by atoms with E-state index in [1.165, 1.54) is 18.9 Å². The van der Waals surface area contributed by atoms with Gasteiger partial charge in [0, 0.05) is 18.7 Å². The zero-order chi connectivity index (χ0) is 12.8. The Hall–Kier alpha value is -1.84. The predicted molar refractivity (Wildman–Crippen MR) is 66.2 cm³/mol. The lowest BCUT2D eigenvalue weighted by Crippen LogP contribution is -2.32. The number of ether oxygens (including phenoxy) is 1. The average molecular weight is 235 g/mol. The first-order valence-corrected chi connectivity index (χ1v) is 5.46. The molecule has 0 saturated carbocycles. The molecule has 0 N–H and O–H groups in total. The molecule has 1 amide bonds. The van der Waals surface area contributed by atoms with E-state index in [1.54, 1.807) is 0 Å². The van der Waals surface area contributed by atoms with E-state index >= 15 is 0 Å². The number of hydrogen-bond acceptors (Lipinski definition) is 3. The van der Waals surface area contributed by atoms with Gasteiger partial charge < -0.3 is 4.74 Å². The minimum absolute atomic E-state index is 0.0472. The monoisotopic (exact) mass is 235 g/mol. The highest BCUT2D eigenvalue weighted by Crippen LogP contribution is 2.16. The van der Waals surface area contributed by atoms with E-state index in [-0.39, 0.29) is 5.78 Å². The van der Waals surface area contributed by atoms with Crippen LogP contribution in [0.15, 0.2) is 24.3 Å². The van der Waals surface area contributed by atoms with Gasteiger partial charge in [-0.25, -0.2) is 4.79 Å². The van der Waals surface area contributed by atoms with Crippen LogP contribution in [0, 0.1) is 6.92 Å². The highest BCUT2D eigenvalue weighted by molar-refractivity contribution is 5.88. The van der Waals surface area contributed by atoms with Crippen LogP contribution >= 0.6 is 0 Å². The van der Waals surface area contributed by atoms with E-state index in [4.69, 9.17) is 4.74 Å². The summed E-state index contributed by atoms with van der Waals surface area (Å²) >= 11 is 0. The number of ketones is 1. The van der Waals surface area contributed by atoms with Crippen molar-refractivity contribution in [1.29, 1.82) is 0 Å². The third kappa shape index (κ3) is 3.90. The van der Waals surface area contributed by atoms with Crippen LogP contribution in [0.2, 0.25) is 0 Å². The fourth-order valence-corrected chi connectivity index (χ4v) is 1.43. The molecule has 0 unspecified atom stereocenters. The van der Waals surface area contributed by atoms with Crippen LogP contribution in [0.3, 0.4) is 0 Å². The van der Waals surface area contributed by atoms with Gasteiger partial charge in [-0.2, -0.15) is 0 Å². The smallest absolute Gasteiger partial charge is 0.414 e. The number of carbonyl (C=O) groups is 2. The molecule has 0 heterocycles. The second kappa shape index (κ2) is 6.03. The molecule has 1 rings (SSSR count). The number of nitrogens with zero attached hydrogens (tertiary/aromatic N) is 1. The Morgan fingerprint density at radius 2 is 1.82 bits per heavy atom. The largest absolute Gasteiger partial charge is 0.452 e. The number of carbonyl (C=O) groups excluding carboxylic acids is 2. The first kappa shape index (κ1) is 13.2. The zero-order valence-corrected chi connectivity index (χ0v) is 10.4. The molecule has 0 spiro atoms. The van der Waals surface area contributed by atoms with Crippen molar-refractivity contribution in [1.82, 2.24) is 0 Å². The quantitative estimate of drug-likeness (QED) is 0.805. The Labute approximate surface area is 101 Å². The summed E-state index contributed by atoms with van der Waals surface area (Å²) in [7, 11) is 1.33. The molecule has 0 aliphatic rings. The summed E-state index contributed by atoms with van der Waals surface area (Å²) in [5.41, 5.74) is 1.86. The molecule has 17 heavy (non-hydrogen) atoms. The highest BCUT2D eigenvalue weighted by atomic mass is 16.5. The van der Waals surface area contributed by atoms with Gasteiger partial charge in [0.1, 0.15) is 5.78 Å². The van der Waals surface area contributed by atoms with E-state index < -0.39 is 6.09 Å². The number of amides is 1. The lowest BCUT2D eigenvalue weighted by molar-refractivity contribution is -0.116. The first-order chi connectivity index (χ1) is 8.04. The molecule has 0 saturated heterocycles. The van der Waals surface area contributed by atoms with Gasteiger partial charge >= 0.3 is 6.09 Å². The molecular weight excluding hydrogens is 218 g/mol. The summed E-state index contributed by atoms with van der Waals surface area (Å²) in [4.78, 5) is 24.0. The Balaban J connectivity index is 2.85. The van der Waals surface area contributed by atoms with E-state index in [0.717, 1.165) is 11.3 Å². The summed E-state index contributed by atoms with van der Waals surface area (Å²) < 4.78 is 4.70. The molecule has 0 aromatic heterocycles. The van der Waals surface area contributed by atoms with Gasteiger partial charge in [0.2, 0.25) is 0 Å². The summed E-state index contributed by atoms with van der Waals surface area (Å²) in [5, 5.41) is 0. The minimum atomic E-state index is -0.449. The fraction of sp³-hybridized carbons (Fsp3) is 0.385. The molecule has 0 aliphatic heterocycles. The summed E-state index contributed by atoms with van der Waals surface area (Å²) in [6, 6.07) is 7.51. The van der Waals surface area contributed by atoms with Crippen molar-refractivity contribution < 1.29 is 14.3 Å². The third-order valence-electron chi connectivity index (χ3n) is 2.43. The van der Waals surface area contributed by atoms with E-state index in [0.29, 0.717) is 13.0 Å². The maximum atomic E-state index is 11.6. The number of methoxy groups -OCH3 is 1. The Bertz CT molecular complexity index is 398. The molecule has 4 nitrogen and oxygen atoms in total. The van der Waals surface area contributed by atoms with Gasteiger partial charge in [-0.15, -0.1) is 0 Å². The van der Waals surface area contributed by atoms with Gasteiger partial charge in [-0.1, -0.05) is 17.7 Å². The predicted octanol–water partition coefficient (Wildman–Crippen LogP) is 2.55. The fourth-order valence-electron chi connectivity index (χ4n) is 1.43. The summed E-state index contributed by atoms with van der Waals surface area (Å²) in [6.45, 7) is 3.82. The summed E-state index contributed by atoms with van der Waals surface area (Å²) in [5.74, 6) is 0.0472. The van der Waals surface area contributed by atoms with Gasteiger partial charge in [0.05, 0.1) is 7.11 Å². The van der Waals surface area contributed by atoms with Gasteiger partial charge in [0.25, 0.3) is 0 Å². The molecular formula is C13H17NO3. The number of Topliss-reactive ketones (excluding diaryl/α,β-unsaturated/α-hetero) is 1. The van der Waals surface area contributed by atoms with Crippen LogP contribution in [0.5, 0.6) is 0 Å². The number of benzene rings is 1. The second-order valence-corrected chi connectivity index (χ2v) is 3.91. The molecule has 0 aliphatic carbocycles. The first-order valence-electron chi connectivity index (χ1n) is 5.46. The van der Waals surface area contributed by atoms with E-state index in [2.05, 4.69) is 0 Å². The van der Waals surface area contributed by atoms with Gasteiger partial charge in [-0.3, -0.25) is 9.69 Å². The summed E-state index contributed by atoms with van der Waals surface area (Å²) in [6.07, 6.45) is -0.127. The average Bonchev–Trinajstić information content (AvgIpc) is 2.30. The molecule has 1 aromatic carbocycles. The van der Waals surface area contributed by atoms with Crippen LogP contribution in [-0.4, -0.2) is 25.5 Å². The molecule has 4 heteroatoms. The zero-order valence-electron chi connectivity index (χ0n) is 10.4.